The molecule has 0 aromatic heterocycles. The number of rotatable bonds is 7. The third-order valence-corrected chi connectivity index (χ3v) is 6.12. The van der Waals surface area contributed by atoms with E-state index in [9.17, 15) is 8.42 Å². The summed E-state index contributed by atoms with van der Waals surface area (Å²) in [6, 6.07) is 0. The highest BCUT2D eigenvalue weighted by Crippen LogP contribution is 2.34. The first-order valence-corrected chi connectivity index (χ1v) is 9.27. The summed E-state index contributed by atoms with van der Waals surface area (Å²) in [7, 11) is -1.62. The van der Waals surface area contributed by atoms with E-state index in [1.165, 1.54) is 6.42 Å². The van der Waals surface area contributed by atoms with Crippen LogP contribution in [0.3, 0.4) is 0 Å². The average Bonchev–Trinajstić information content (AvgIpc) is 2.28. The zero-order valence-corrected chi connectivity index (χ0v) is 13.6. The molecule has 1 aliphatic carbocycles. The summed E-state index contributed by atoms with van der Waals surface area (Å²) in [5, 5.41) is 0.688. The predicted octanol–water partition coefficient (Wildman–Crippen LogP) is 2.29. The quantitative estimate of drug-likeness (QED) is 0.570. The fraction of sp³-hybridized carbons (Fsp3) is 1.00. The van der Waals surface area contributed by atoms with Crippen molar-refractivity contribution in [3.8, 4) is 0 Å². The molecule has 1 fully saturated rings. The Bertz CT molecular complexity index is 347. The molecule has 0 saturated heterocycles. The molecule has 6 heteroatoms. The average molecular weight is 342 g/mol. The lowest BCUT2D eigenvalue weighted by Crippen LogP contribution is -2.53. The van der Waals surface area contributed by atoms with Crippen LogP contribution in [0.1, 0.15) is 39.0 Å². The van der Waals surface area contributed by atoms with E-state index in [1.54, 1.807) is 7.11 Å². The molecular formula is C12H24BrNO3S. The second kappa shape index (κ2) is 7.22. The SMILES string of the molecule is COCCCS(=O)(=O)NC1(CBr)CCCC(C)C1. The smallest absolute Gasteiger partial charge is 0.212 e. The third-order valence-electron chi connectivity index (χ3n) is 3.48. The van der Waals surface area contributed by atoms with Crippen molar-refractivity contribution in [2.75, 3.05) is 24.8 Å². The van der Waals surface area contributed by atoms with E-state index in [-0.39, 0.29) is 11.3 Å². The molecule has 18 heavy (non-hydrogen) atoms. The molecule has 0 heterocycles. The Morgan fingerprint density at radius 3 is 2.78 bits per heavy atom. The van der Waals surface area contributed by atoms with Crippen LogP contribution in [0.15, 0.2) is 0 Å². The monoisotopic (exact) mass is 341 g/mol. The van der Waals surface area contributed by atoms with Gasteiger partial charge in [0.2, 0.25) is 10.0 Å². The summed E-state index contributed by atoms with van der Waals surface area (Å²) < 4.78 is 31.9. The van der Waals surface area contributed by atoms with Crippen molar-refractivity contribution in [1.29, 1.82) is 0 Å². The van der Waals surface area contributed by atoms with Crippen LogP contribution >= 0.6 is 15.9 Å². The van der Waals surface area contributed by atoms with Crippen LogP contribution in [-0.2, 0) is 14.8 Å². The second-order valence-corrected chi connectivity index (χ2v) is 7.79. The first-order valence-electron chi connectivity index (χ1n) is 6.49. The Balaban J connectivity index is 2.61. The first-order chi connectivity index (χ1) is 8.43. The van der Waals surface area contributed by atoms with Crippen molar-refractivity contribution in [2.45, 2.75) is 44.6 Å². The van der Waals surface area contributed by atoms with Crippen molar-refractivity contribution in [3.63, 3.8) is 0 Å². The Kier molecular flexibility index (Phi) is 6.58. The Morgan fingerprint density at radius 1 is 1.50 bits per heavy atom. The minimum Gasteiger partial charge on any atom is -0.385 e. The van der Waals surface area contributed by atoms with E-state index >= 15 is 0 Å². The van der Waals surface area contributed by atoms with E-state index in [1.807, 2.05) is 0 Å². The number of methoxy groups -OCH3 is 1. The van der Waals surface area contributed by atoms with Gasteiger partial charge in [0, 0.05) is 24.6 Å². The lowest BCUT2D eigenvalue weighted by Gasteiger charge is -2.39. The predicted molar refractivity (Wildman–Crippen MR) is 77.6 cm³/mol. The maximum Gasteiger partial charge on any atom is 0.212 e. The summed E-state index contributed by atoms with van der Waals surface area (Å²) in [5.74, 6) is 0.724. The Hall–Kier alpha value is 0.350. The van der Waals surface area contributed by atoms with Gasteiger partial charge in [0.1, 0.15) is 0 Å². The van der Waals surface area contributed by atoms with Gasteiger partial charge < -0.3 is 4.74 Å². The van der Waals surface area contributed by atoms with Crippen LogP contribution in [-0.4, -0.2) is 38.8 Å². The number of nitrogens with one attached hydrogen (secondary N) is 1. The molecule has 0 aromatic carbocycles. The molecule has 0 bridgehead atoms. The van der Waals surface area contributed by atoms with Crippen molar-refractivity contribution in [1.82, 2.24) is 4.72 Å². The van der Waals surface area contributed by atoms with Gasteiger partial charge in [-0.15, -0.1) is 0 Å². The number of alkyl halides is 1. The van der Waals surface area contributed by atoms with Gasteiger partial charge in [-0.2, -0.15) is 0 Å². The van der Waals surface area contributed by atoms with E-state index in [4.69, 9.17) is 4.74 Å². The molecule has 108 valence electrons. The maximum atomic E-state index is 12.1. The normalized spacial score (nSPS) is 29.4. The zero-order valence-electron chi connectivity index (χ0n) is 11.2. The standard InChI is InChI=1S/C12H24BrNO3S/c1-11-5-3-6-12(9-11,10-13)14-18(15,16)8-4-7-17-2/h11,14H,3-10H2,1-2H3. The van der Waals surface area contributed by atoms with Crippen LogP contribution in [0, 0.1) is 5.92 Å². The molecule has 2 atom stereocenters. The summed E-state index contributed by atoms with van der Waals surface area (Å²) >= 11 is 3.48. The van der Waals surface area contributed by atoms with E-state index in [0.29, 0.717) is 24.3 Å². The van der Waals surface area contributed by atoms with Crippen molar-refractivity contribution in [2.24, 2.45) is 5.92 Å². The number of sulfonamides is 1. The molecule has 1 saturated carbocycles. The molecule has 1 rings (SSSR count). The highest BCUT2D eigenvalue weighted by atomic mass is 79.9. The van der Waals surface area contributed by atoms with Crippen LogP contribution < -0.4 is 4.72 Å². The van der Waals surface area contributed by atoms with Crippen LogP contribution in [0.2, 0.25) is 0 Å². The summed E-state index contributed by atoms with van der Waals surface area (Å²) in [6.45, 7) is 2.68. The molecule has 1 aliphatic rings. The van der Waals surface area contributed by atoms with Gasteiger partial charge in [0.15, 0.2) is 0 Å². The second-order valence-electron chi connectivity index (χ2n) is 5.38. The number of hydrogen-bond donors (Lipinski definition) is 1. The van der Waals surface area contributed by atoms with Gasteiger partial charge in [0.05, 0.1) is 5.75 Å². The third kappa shape index (κ3) is 5.15. The largest absolute Gasteiger partial charge is 0.385 e. The van der Waals surface area contributed by atoms with Crippen molar-refractivity contribution < 1.29 is 13.2 Å². The molecule has 0 aromatic rings. The minimum absolute atomic E-state index is 0.143. The first kappa shape index (κ1) is 16.4. The molecule has 4 nitrogen and oxygen atoms in total. The van der Waals surface area contributed by atoms with Crippen molar-refractivity contribution in [3.05, 3.63) is 0 Å². The topological polar surface area (TPSA) is 55.4 Å². The van der Waals surface area contributed by atoms with Gasteiger partial charge in [0.25, 0.3) is 0 Å². The molecule has 0 radical (unpaired) electrons. The summed E-state index contributed by atoms with van der Waals surface area (Å²) in [4.78, 5) is 0. The molecule has 0 aliphatic heterocycles. The van der Waals surface area contributed by atoms with Crippen LogP contribution in [0.4, 0.5) is 0 Å². The lowest BCUT2D eigenvalue weighted by molar-refractivity contribution is 0.199. The number of halogens is 1. The zero-order chi connectivity index (χ0) is 13.6. The highest BCUT2D eigenvalue weighted by molar-refractivity contribution is 9.09. The molecule has 0 spiro atoms. The van der Waals surface area contributed by atoms with E-state index in [0.717, 1.165) is 19.3 Å². The van der Waals surface area contributed by atoms with Crippen molar-refractivity contribution >= 4 is 26.0 Å². The molecule has 0 amide bonds. The van der Waals surface area contributed by atoms with E-state index in [2.05, 4.69) is 27.6 Å². The fourth-order valence-electron chi connectivity index (χ4n) is 2.68. The molecular weight excluding hydrogens is 318 g/mol. The number of ether oxygens (including phenoxy) is 1. The summed E-state index contributed by atoms with van der Waals surface area (Å²) in [5.41, 5.74) is -0.288. The van der Waals surface area contributed by atoms with Gasteiger partial charge in [-0.1, -0.05) is 35.7 Å². The summed E-state index contributed by atoms with van der Waals surface area (Å²) in [6.07, 6.45) is 4.67. The Labute approximate surface area is 119 Å². The Morgan fingerprint density at radius 2 is 2.22 bits per heavy atom. The van der Waals surface area contributed by atoms with Gasteiger partial charge >= 0.3 is 0 Å². The fourth-order valence-corrected chi connectivity index (χ4v) is 5.03. The highest BCUT2D eigenvalue weighted by Gasteiger charge is 2.37. The molecule has 2 unspecified atom stereocenters. The maximum absolute atomic E-state index is 12.1. The molecule has 1 N–H and O–H groups in total. The van der Waals surface area contributed by atoms with Crippen LogP contribution in [0.5, 0.6) is 0 Å². The van der Waals surface area contributed by atoms with Crippen LogP contribution in [0.25, 0.3) is 0 Å². The van der Waals surface area contributed by atoms with E-state index < -0.39 is 10.0 Å². The van der Waals surface area contributed by atoms with Gasteiger partial charge in [-0.3, -0.25) is 0 Å². The lowest BCUT2D eigenvalue weighted by atomic mass is 9.78. The minimum atomic E-state index is -3.21. The number of hydrogen-bond acceptors (Lipinski definition) is 3. The van der Waals surface area contributed by atoms with Gasteiger partial charge in [-0.25, -0.2) is 13.1 Å². The van der Waals surface area contributed by atoms with Gasteiger partial charge in [-0.05, 0) is 25.2 Å².